The second-order valence-corrected chi connectivity index (χ2v) is 3.76. The van der Waals surface area contributed by atoms with E-state index in [1.165, 1.54) is 0 Å². The van der Waals surface area contributed by atoms with Crippen LogP contribution >= 0.6 is 23.4 Å². The maximum absolute atomic E-state index is 13.0. The average molecular weight is 231 g/mol. The molecule has 1 atom stereocenters. The summed E-state index contributed by atoms with van der Waals surface area (Å²) in [5.74, 6) is -2.27. The first-order chi connectivity index (χ1) is 5.94. The summed E-state index contributed by atoms with van der Waals surface area (Å²) in [7, 11) is 2.15. The van der Waals surface area contributed by atoms with Crippen molar-refractivity contribution in [1.82, 2.24) is 0 Å². The number of carbonyl (C=O) groups is 2. The maximum Gasteiger partial charge on any atom is 0.370 e. The molecule has 7 heteroatoms. The molecular formula is C6H8ClFO4S. The third-order valence-corrected chi connectivity index (χ3v) is 2.41. The highest BCUT2D eigenvalue weighted by atomic mass is 35.5. The van der Waals surface area contributed by atoms with Gasteiger partial charge in [-0.1, -0.05) is 23.4 Å². The van der Waals surface area contributed by atoms with Gasteiger partial charge in [0.05, 0.1) is 20.0 Å². The Labute approximate surface area is 83.7 Å². The van der Waals surface area contributed by atoms with Gasteiger partial charge in [0.1, 0.15) is 0 Å². The Morgan fingerprint density at radius 3 is 2.38 bits per heavy atom. The van der Waals surface area contributed by atoms with Crippen molar-refractivity contribution in [3.63, 3.8) is 0 Å². The number of hydrogen-bond donors (Lipinski definition) is 0. The summed E-state index contributed by atoms with van der Waals surface area (Å²) in [4.78, 5) is 21.2. The van der Waals surface area contributed by atoms with Gasteiger partial charge in [0.2, 0.25) is 0 Å². The van der Waals surface area contributed by atoms with Crippen molar-refractivity contribution in [2.45, 2.75) is 4.46 Å². The largest absolute Gasteiger partial charge is 0.468 e. The molecule has 0 amide bonds. The predicted molar refractivity (Wildman–Crippen MR) is 46.2 cm³/mol. The molecular weight excluding hydrogens is 223 g/mol. The Morgan fingerprint density at radius 1 is 1.46 bits per heavy atom. The van der Waals surface area contributed by atoms with Gasteiger partial charge < -0.3 is 9.47 Å². The average Bonchev–Trinajstić information content (AvgIpc) is 2.12. The normalized spacial score (nSPS) is 14.5. The standard InChI is InChI=1S/C6H8ClFO4S/c1-11-4(9)3-13-6(7,8)5(10)12-2/h3H2,1-2H3. The van der Waals surface area contributed by atoms with Gasteiger partial charge in [0.15, 0.2) is 0 Å². The second-order valence-electron chi connectivity index (χ2n) is 1.87. The van der Waals surface area contributed by atoms with Crippen LogP contribution in [0.3, 0.4) is 0 Å². The van der Waals surface area contributed by atoms with Crippen molar-refractivity contribution in [3.05, 3.63) is 0 Å². The number of hydrogen-bond acceptors (Lipinski definition) is 5. The first kappa shape index (κ1) is 12.5. The van der Waals surface area contributed by atoms with Crippen LogP contribution in [0.5, 0.6) is 0 Å². The molecule has 0 radical (unpaired) electrons. The molecule has 1 unspecified atom stereocenters. The third-order valence-electron chi connectivity index (χ3n) is 1.02. The molecule has 13 heavy (non-hydrogen) atoms. The molecule has 0 bridgehead atoms. The van der Waals surface area contributed by atoms with Gasteiger partial charge in [-0.05, 0) is 0 Å². The summed E-state index contributed by atoms with van der Waals surface area (Å²) < 4.78 is 18.6. The third kappa shape index (κ3) is 4.33. The molecule has 0 spiro atoms. The van der Waals surface area contributed by atoms with Gasteiger partial charge in [-0.25, -0.2) is 9.18 Å². The highest BCUT2D eigenvalue weighted by molar-refractivity contribution is 8.03. The second kappa shape index (κ2) is 5.29. The van der Waals surface area contributed by atoms with Gasteiger partial charge >= 0.3 is 16.4 Å². The van der Waals surface area contributed by atoms with E-state index in [0.717, 1.165) is 14.2 Å². The molecule has 0 aromatic carbocycles. The Bertz CT molecular complexity index is 209. The van der Waals surface area contributed by atoms with Crippen LogP contribution in [0, 0.1) is 0 Å². The molecule has 0 aliphatic heterocycles. The van der Waals surface area contributed by atoms with Crippen molar-refractivity contribution >= 4 is 35.3 Å². The fourth-order valence-corrected chi connectivity index (χ4v) is 1.25. The van der Waals surface area contributed by atoms with Crippen LogP contribution in [0.25, 0.3) is 0 Å². The van der Waals surface area contributed by atoms with Crippen LogP contribution < -0.4 is 0 Å². The van der Waals surface area contributed by atoms with E-state index in [0.29, 0.717) is 11.8 Å². The Morgan fingerprint density at radius 2 is 2.00 bits per heavy atom. The number of ether oxygens (including phenoxy) is 2. The molecule has 76 valence electrons. The van der Waals surface area contributed by atoms with Crippen LogP contribution in [0.15, 0.2) is 0 Å². The smallest absolute Gasteiger partial charge is 0.370 e. The lowest BCUT2D eigenvalue weighted by atomic mass is 10.7. The highest BCUT2D eigenvalue weighted by Gasteiger charge is 2.39. The van der Waals surface area contributed by atoms with E-state index in [2.05, 4.69) is 9.47 Å². The quantitative estimate of drug-likeness (QED) is 0.531. The molecule has 0 rings (SSSR count). The summed E-state index contributed by atoms with van der Waals surface area (Å²) in [6.07, 6.45) is 0. The highest BCUT2D eigenvalue weighted by Crippen LogP contribution is 2.32. The number of alkyl halides is 2. The van der Waals surface area contributed by atoms with Gasteiger partial charge in [0, 0.05) is 0 Å². The molecule has 0 fully saturated rings. The van der Waals surface area contributed by atoms with Crippen molar-refractivity contribution in [1.29, 1.82) is 0 Å². The molecule has 0 aliphatic rings. The monoisotopic (exact) mass is 230 g/mol. The summed E-state index contributed by atoms with van der Waals surface area (Å²) >= 11 is 5.40. The van der Waals surface area contributed by atoms with E-state index in [9.17, 15) is 14.0 Å². The van der Waals surface area contributed by atoms with E-state index < -0.39 is 16.4 Å². The van der Waals surface area contributed by atoms with Crippen molar-refractivity contribution in [2.75, 3.05) is 20.0 Å². The summed E-state index contributed by atoms with van der Waals surface area (Å²) in [5, 5.41) is 0. The van der Waals surface area contributed by atoms with Crippen molar-refractivity contribution < 1.29 is 23.5 Å². The number of halogens is 2. The molecule has 0 saturated carbocycles. The van der Waals surface area contributed by atoms with Crippen molar-refractivity contribution in [2.24, 2.45) is 0 Å². The van der Waals surface area contributed by atoms with Crippen molar-refractivity contribution in [3.8, 4) is 0 Å². The topological polar surface area (TPSA) is 52.6 Å². The number of carbonyl (C=O) groups excluding carboxylic acids is 2. The number of rotatable bonds is 4. The van der Waals surface area contributed by atoms with E-state index in [-0.39, 0.29) is 5.75 Å². The number of methoxy groups -OCH3 is 2. The van der Waals surface area contributed by atoms with Crippen LogP contribution in [-0.4, -0.2) is 36.4 Å². The molecule has 0 aromatic heterocycles. The lowest BCUT2D eigenvalue weighted by Gasteiger charge is -2.12. The fourth-order valence-electron chi connectivity index (χ4n) is 0.386. The van der Waals surface area contributed by atoms with Crippen LogP contribution in [0.4, 0.5) is 4.39 Å². The zero-order valence-corrected chi connectivity index (χ0v) is 8.58. The minimum absolute atomic E-state index is 0.294. The van der Waals surface area contributed by atoms with Gasteiger partial charge in [-0.15, -0.1) is 0 Å². The van der Waals surface area contributed by atoms with E-state index >= 15 is 0 Å². The van der Waals surface area contributed by atoms with Crippen LogP contribution in [0.2, 0.25) is 0 Å². The first-order valence-electron chi connectivity index (χ1n) is 3.11. The van der Waals surface area contributed by atoms with E-state index in [4.69, 9.17) is 11.6 Å². The summed E-state index contributed by atoms with van der Waals surface area (Å²) in [6.45, 7) is 0. The summed E-state index contributed by atoms with van der Waals surface area (Å²) in [6, 6.07) is 0. The van der Waals surface area contributed by atoms with Crippen LogP contribution in [-0.2, 0) is 19.1 Å². The Balaban J connectivity index is 4.03. The molecule has 4 nitrogen and oxygen atoms in total. The van der Waals surface area contributed by atoms with Crippen LogP contribution in [0.1, 0.15) is 0 Å². The lowest BCUT2D eigenvalue weighted by Crippen LogP contribution is -2.26. The van der Waals surface area contributed by atoms with Gasteiger partial charge in [0.25, 0.3) is 0 Å². The molecule has 0 saturated heterocycles. The fraction of sp³-hybridized carbons (Fsp3) is 0.667. The lowest BCUT2D eigenvalue weighted by molar-refractivity contribution is -0.144. The molecule has 0 N–H and O–H groups in total. The maximum atomic E-state index is 13.0. The summed E-state index contributed by atoms with van der Waals surface area (Å²) in [5.41, 5.74) is 0. The van der Waals surface area contributed by atoms with E-state index in [1.54, 1.807) is 0 Å². The minimum atomic E-state index is -2.73. The minimum Gasteiger partial charge on any atom is -0.468 e. The number of esters is 2. The predicted octanol–water partition coefficient (Wildman–Crippen LogP) is 0.928. The zero-order valence-electron chi connectivity index (χ0n) is 7.00. The van der Waals surface area contributed by atoms with Gasteiger partial charge in [-0.3, -0.25) is 4.79 Å². The Kier molecular flexibility index (Phi) is 5.09. The molecule has 0 heterocycles. The van der Waals surface area contributed by atoms with Gasteiger partial charge in [-0.2, -0.15) is 0 Å². The van der Waals surface area contributed by atoms with E-state index in [1.807, 2.05) is 0 Å². The molecule has 0 aliphatic carbocycles. The number of thioether (sulfide) groups is 1. The SMILES string of the molecule is COC(=O)CSC(F)(Cl)C(=O)OC. The zero-order chi connectivity index (χ0) is 10.5. The Hall–Kier alpha value is -0.490. The first-order valence-corrected chi connectivity index (χ1v) is 4.47. The molecule has 0 aromatic rings.